The first kappa shape index (κ1) is 14.0. The molecule has 1 saturated heterocycles. The second kappa shape index (κ2) is 6.66. The number of rotatable bonds is 5. The summed E-state index contributed by atoms with van der Waals surface area (Å²) in [6.45, 7) is 5.46. The second-order valence-corrected chi connectivity index (χ2v) is 5.21. The quantitative estimate of drug-likeness (QED) is 0.765. The SMILES string of the molecule is CCCC1CCN(Cc2ccc(C(=O)OC)cn2)C1. The standard InChI is InChI=1S/C15H22N2O2/c1-3-4-12-7-8-17(10-12)11-14-6-5-13(9-16-14)15(18)19-2/h5-6,9,12H,3-4,7-8,10-11H2,1-2H3. The summed E-state index contributed by atoms with van der Waals surface area (Å²) in [4.78, 5) is 18.1. The fourth-order valence-electron chi connectivity index (χ4n) is 2.69. The van der Waals surface area contributed by atoms with Gasteiger partial charge in [0.2, 0.25) is 0 Å². The van der Waals surface area contributed by atoms with Gasteiger partial charge >= 0.3 is 5.97 Å². The highest BCUT2D eigenvalue weighted by molar-refractivity contribution is 5.88. The van der Waals surface area contributed by atoms with E-state index in [9.17, 15) is 4.79 Å². The monoisotopic (exact) mass is 262 g/mol. The predicted octanol–water partition coefficient (Wildman–Crippen LogP) is 2.49. The molecule has 1 aromatic heterocycles. The van der Waals surface area contributed by atoms with Crippen molar-refractivity contribution in [2.24, 2.45) is 5.92 Å². The molecule has 4 heteroatoms. The Labute approximate surface area is 114 Å². The number of aromatic nitrogens is 1. The van der Waals surface area contributed by atoms with Gasteiger partial charge in [-0.05, 0) is 37.4 Å². The van der Waals surface area contributed by atoms with Crippen LogP contribution in [0.3, 0.4) is 0 Å². The first-order chi connectivity index (χ1) is 9.22. The van der Waals surface area contributed by atoms with Gasteiger partial charge in [0, 0.05) is 19.3 Å². The topological polar surface area (TPSA) is 42.4 Å². The molecule has 104 valence electrons. The van der Waals surface area contributed by atoms with Crippen LogP contribution < -0.4 is 0 Å². The van der Waals surface area contributed by atoms with Crippen LogP contribution in [0.4, 0.5) is 0 Å². The van der Waals surface area contributed by atoms with E-state index in [0.29, 0.717) is 5.56 Å². The Balaban J connectivity index is 1.88. The molecule has 0 N–H and O–H groups in total. The molecule has 2 rings (SSSR count). The van der Waals surface area contributed by atoms with Crippen molar-refractivity contribution in [3.05, 3.63) is 29.6 Å². The van der Waals surface area contributed by atoms with Gasteiger partial charge in [-0.25, -0.2) is 4.79 Å². The van der Waals surface area contributed by atoms with Gasteiger partial charge in [-0.3, -0.25) is 9.88 Å². The molecule has 0 saturated carbocycles. The Hall–Kier alpha value is -1.42. The number of ether oxygens (including phenoxy) is 1. The predicted molar refractivity (Wildman–Crippen MR) is 73.9 cm³/mol. The van der Waals surface area contributed by atoms with Crippen molar-refractivity contribution < 1.29 is 9.53 Å². The van der Waals surface area contributed by atoms with Crippen LogP contribution in [0.5, 0.6) is 0 Å². The van der Waals surface area contributed by atoms with Crippen molar-refractivity contribution in [1.29, 1.82) is 0 Å². The molecule has 1 atom stereocenters. The molecule has 1 fully saturated rings. The number of likely N-dealkylation sites (tertiary alicyclic amines) is 1. The lowest BCUT2D eigenvalue weighted by Gasteiger charge is -2.15. The summed E-state index contributed by atoms with van der Waals surface area (Å²) < 4.78 is 4.66. The van der Waals surface area contributed by atoms with Crippen molar-refractivity contribution in [3.8, 4) is 0 Å². The molecule has 0 radical (unpaired) electrons. The molecule has 0 spiro atoms. The highest BCUT2D eigenvalue weighted by Crippen LogP contribution is 2.22. The zero-order valence-electron chi connectivity index (χ0n) is 11.8. The first-order valence-electron chi connectivity index (χ1n) is 6.98. The van der Waals surface area contributed by atoms with Gasteiger partial charge in [-0.2, -0.15) is 0 Å². The number of nitrogens with zero attached hydrogens (tertiary/aromatic N) is 2. The lowest BCUT2D eigenvalue weighted by molar-refractivity contribution is 0.0600. The zero-order chi connectivity index (χ0) is 13.7. The second-order valence-electron chi connectivity index (χ2n) is 5.21. The Kier molecular flexibility index (Phi) is 4.91. The van der Waals surface area contributed by atoms with Crippen molar-refractivity contribution >= 4 is 5.97 Å². The van der Waals surface area contributed by atoms with Gasteiger partial charge in [0.05, 0.1) is 18.4 Å². The zero-order valence-corrected chi connectivity index (χ0v) is 11.8. The third kappa shape index (κ3) is 3.77. The van der Waals surface area contributed by atoms with Crippen LogP contribution in [-0.2, 0) is 11.3 Å². The molecule has 4 nitrogen and oxygen atoms in total. The number of carbonyl (C=O) groups excluding carboxylic acids is 1. The minimum atomic E-state index is -0.330. The summed E-state index contributed by atoms with van der Waals surface area (Å²) >= 11 is 0. The van der Waals surface area contributed by atoms with Gasteiger partial charge in [0.25, 0.3) is 0 Å². The Morgan fingerprint density at radius 2 is 2.37 bits per heavy atom. The highest BCUT2D eigenvalue weighted by atomic mass is 16.5. The summed E-state index contributed by atoms with van der Waals surface area (Å²) in [5.41, 5.74) is 1.53. The van der Waals surface area contributed by atoms with Crippen molar-refractivity contribution in [2.45, 2.75) is 32.7 Å². The van der Waals surface area contributed by atoms with E-state index in [1.165, 1.54) is 32.9 Å². The van der Waals surface area contributed by atoms with Crippen molar-refractivity contribution in [3.63, 3.8) is 0 Å². The normalized spacial score (nSPS) is 19.6. The number of esters is 1. The van der Waals surface area contributed by atoms with Crippen molar-refractivity contribution in [2.75, 3.05) is 20.2 Å². The third-order valence-electron chi connectivity index (χ3n) is 3.70. The molecule has 1 aliphatic heterocycles. The fourth-order valence-corrected chi connectivity index (χ4v) is 2.69. The van der Waals surface area contributed by atoms with E-state index in [1.807, 2.05) is 6.07 Å². The third-order valence-corrected chi connectivity index (χ3v) is 3.70. The van der Waals surface area contributed by atoms with E-state index in [-0.39, 0.29) is 5.97 Å². The fraction of sp³-hybridized carbons (Fsp3) is 0.600. The van der Waals surface area contributed by atoms with Crippen LogP contribution in [0.15, 0.2) is 18.3 Å². The van der Waals surface area contributed by atoms with E-state index < -0.39 is 0 Å². The van der Waals surface area contributed by atoms with E-state index >= 15 is 0 Å². The molecule has 1 aliphatic rings. The van der Waals surface area contributed by atoms with Gasteiger partial charge < -0.3 is 4.74 Å². The molecule has 0 bridgehead atoms. The maximum atomic E-state index is 11.3. The van der Waals surface area contributed by atoms with Crippen LogP contribution in [0.1, 0.15) is 42.2 Å². The Morgan fingerprint density at radius 1 is 1.53 bits per heavy atom. The molecule has 19 heavy (non-hydrogen) atoms. The smallest absolute Gasteiger partial charge is 0.339 e. The molecule has 2 heterocycles. The van der Waals surface area contributed by atoms with E-state index in [2.05, 4.69) is 21.5 Å². The lowest BCUT2D eigenvalue weighted by Crippen LogP contribution is -2.20. The minimum Gasteiger partial charge on any atom is -0.465 e. The molecule has 0 aliphatic carbocycles. The van der Waals surface area contributed by atoms with Gasteiger partial charge in [-0.15, -0.1) is 0 Å². The number of hydrogen-bond acceptors (Lipinski definition) is 4. The summed E-state index contributed by atoms with van der Waals surface area (Å²) in [5.74, 6) is 0.516. The minimum absolute atomic E-state index is 0.330. The van der Waals surface area contributed by atoms with Crippen LogP contribution in [0.25, 0.3) is 0 Å². The number of methoxy groups -OCH3 is 1. The highest BCUT2D eigenvalue weighted by Gasteiger charge is 2.21. The molecule has 0 aromatic carbocycles. The first-order valence-corrected chi connectivity index (χ1v) is 6.98. The summed E-state index contributed by atoms with van der Waals surface area (Å²) in [6.07, 6.45) is 5.49. The van der Waals surface area contributed by atoms with Crippen molar-refractivity contribution in [1.82, 2.24) is 9.88 Å². The van der Waals surface area contributed by atoms with E-state index in [1.54, 1.807) is 12.3 Å². The van der Waals surface area contributed by atoms with Crippen LogP contribution in [0, 0.1) is 5.92 Å². The van der Waals surface area contributed by atoms with Gasteiger partial charge in [0.15, 0.2) is 0 Å². The molecule has 1 aromatic rings. The van der Waals surface area contributed by atoms with Gasteiger partial charge in [-0.1, -0.05) is 13.3 Å². The van der Waals surface area contributed by atoms with Crippen LogP contribution in [-0.4, -0.2) is 36.1 Å². The van der Waals surface area contributed by atoms with E-state index in [0.717, 1.165) is 24.7 Å². The molecular formula is C15H22N2O2. The molecule has 1 unspecified atom stereocenters. The lowest BCUT2D eigenvalue weighted by atomic mass is 10.0. The largest absolute Gasteiger partial charge is 0.465 e. The number of pyridine rings is 1. The molecular weight excluding hydrogens is 240 g/mol. The summed E-state index contributed by atoms with van der Waals surface area (Å²) in [7, 11) is 1.38. The number of carbonyl (C=O) groups is 1. The maximum Gasteiger partial charge on any atom is 0.339 e. The number of hydrogen-bond donors (Lipinski definition) is 0. The van der Waals surface area contributed by atoms with Gasteiger partial charge in [0.1, 0.15) is 0 Å². The maximum absolute atomic E-state index is 11.3. The average Bonchev–Trinajstić information content (AvgIpc) is 2.86. The van der Waals surface area contributed by atoms with E-state index in [4.69, 9.17) is 0 Å². The molecule has 0 amide bonds. The summed E-state index contributed by atoms with van der Waals surface area (Å²) in [6, 6.07) is 3.70. The summed E-state index contributed by atoms with van der Waals surface area (Å²) in [5, 5.41) is 0. The Bertz CT molecular complexity index is 417. The van der Waals surface area contributed by atoms with Crippen LogP contribution >= 0.6 is 0 Å². The average molecular weight is 262 g/mol. The Morgan fingerprint density at radius 3 is 3.00 bits per heavy atom. The van der Waals surface area contributed by atoms with Crippen LogP contribution in [0.2, 0.25) is 0 Å².